The second-order valence-electron chi connectivity index (χ2n) is 11.9. The molecule has 208 valence electrons. The third-order valence-electron chi connectivity index (χ3n) is 6.98. The minimum Gasteiger partial charge on any atom is -0.486 e. The number of carbonyl (C=O) groups is 2. The predicted octanol–water partition coefficient (Wildman–Crippen LogP) is 8.24. The molecule has 0 heterocycles. The lowest BCUT2D eigenvalue weighted by Crippen LogP contribution is -2.26. The van der Waals surface area contributed by atoms with Crippen molar-refractivity contribution in [1.82, 2.24) is 5.32 Å². The van der Waals surface area contributed by atoms with Crippen LogP contribution in [0.3, 0.4) is 0 Å². The number of carbonyl (C=O) groups excluding carboxylic acids is 1. The molecule has 0 fully saturated rings. The fourth-order valence-electron chi connectivity index (χ4n) is 4.74. The summed E-state index contributed by atoms with van der Waals surface area (Å²) in [7, 11) is 0. The van der Waals surface area contributed by atoms with Crippen LogP contribution in [0.25, 0.3) is 11.1 Å². The molecule has 0 saturated carbocycles. The van der Waals surface area contributed by atoms with Gasteiger partial charge in [-0.05, 0) is 95.7 Å². The highest BCUT2D eigenvalue weighted by atomic mass is 16.5. The summed E-state index contributed by atoms with van der Waals surface area (Å²) in [6.45, 7) is 15.5. The first kappa shape index (κ1) is 29.9. The van der Waals surface area contributed by atoms with Crippen molar-refractivity contribution in [2.24, 2.45) is 5.41 Å². The Labute approximate surface area is 233 Å². The molecule has 5 heteroatoms. The number of nitrogens with one attached hydrogen (secondary N) is 1. The van der Waals surface area contributed by atoms with E-state index in [9.17, 15) is 9.59 Å². The van der Waals surface area contributed by atoms with Crippen molar-refractivity contribution in [3.05, 3.63) is 88.5 Å². The normalized spacial score (nSPS) is 12.3. The third-order valence-corrected chi connectivity index (χ3v) is 6.98. The van der Waals surface area contributed by atoms with Crippen LogP contribution in [0.5, 0.6) is 5.75 Å². The predicted molar refractivity (Wildman–Crippen MR) is 159 cm³/mol. The standard InChI is InChI=1S/C34H43NO4/c1-22(2)25-8-12-27(13-9-25)32-23(3)20-29(21-24(32)4)39-30(16-18-34(5,6)7)26-10-14-28(15-11-26)33(38)35-19-17-31(36)37/h8-15,20-22,30H,16-19H2,1-7H3,(H,35,38)(H,36,37). The van der Waals surface area contributed by atoms with Crippen LogP contribution in [0, 0.1) is 19.3 Å². The van der Waals surface area contributed by atoms with Gasteiger partial charge >= 0.3 is 5.97 Å². The van der Waals surface area contributed by atoms with Gasteiger partial charge in [0.15, 0.2) is 0 Å². The molecule has 2 N–H and O–H groups in total. The molecule has 3 aromatic rings. The molecule has 0 aromatic heterocycles. The van der Waals surface area contributed by atoms with Crippen molar-refractivity contribution in [3.8, 4) is 16.9 Å². The van der Waals surface area contributed by atoms with E-state index >= 15 is 0 Å². The Morgan fingerprint density at radius 2 is 1.46 bits per heavy atom. The van der Waals surface area contributed by atoms with Gasteiger partial charge in [0.1, 0.15) is 11.9 Å². The first-order chi connectivity index (χ1) is 18.3. The highest BCUT2D eigenvalue weighted by Crippen LogP contribution is 2.36. The molecular weight excluding hydrogens is 486 g/mol. The van der Waals surface area contributed by atoms with E-state index in [4.69, 9.17) is 9.84 Å². The zero-order valence-electron chi connectivity index (χ0n) is 24.4. The second kappa shape index (κ2) is 13.0. The van der Waals surface area contributed by atoms with Gasteiger partial charge in [0.25, 0.3) is 5.91 Å². The first-order valence-electron chi connectivity index (χ1n) is 13.8. The highest BCUT2D eigenvalue weighted by Gasteiger charge is 2.20. The summed E-state index contributed by atoms with van der Waals surface area (Å²) >= 11 is 0. The van der Waals surface area contributed by atoms with Gasteiger partial charge < -0.3 is 15.2 Å². The molecule has 1 unspecified atom stereocenters. The van der Waals surface area contributed by atoms with Crippen LogP contribution in [0.15, 0.2) is 60.7 Å². The molecule has 0 bridgehead atoms. The zero-order chi connectivity index (χ0) is 28.7. The van der Waals surface area contributed by atoms with Gasteiger partial charge in [-0.2, -0.15) is 0 Å². The van der Waals surface area contributed by atoms with Gasteiger partial charge in [-0.1, -0.05) is 71.0 Å². The van der Waals surface area contributed by atoms with Crippen LogP contribution >= 0.6 is 0 Å². The van der Waals surface area contributed by atoms with Gasteiger partial charge in [-0.25, -0.2) is 0 Å². The highest BCUT2D eigenvalue weighted by molar-refractivity contribution is 5.94. The Bertz CT molecular complexity index is 1250. The smallest absolute Gasteiger partial charge is 0.305 e. The number of aliphatic carboxylic acids is 1. The molecule has 1 amide bonds. The summed E-state index contributed by atoms with van der Waals surface area (Å²) < 4.78 is 6.62. The molecule has 0 aliphatic heterocycles. The maximum atomic E-state index is 12.4. The molecular formula is C34H43NO4. The van der Waals surface area contributed by atoms with Crippen LogP contribution < -0.4 is 10.1 Å². The molecule has 0 aliphatic rings. The van der Waals surface area contributed by atoms with E-state index in [0.29, 0.717) is 11.5 Å². The maximum Gasteiger partial charge on any atom is 0.305 e. The van der Waals surface area contributed by atoms with Crippen molar-refractivity contribution in [3.63, 3.8) is 0 Å². The van der Waals surface area contributed by atoms with Crippen molar-refractivity contribution in [2.75, 3.05) is 6.54 Å². The zero-order valence-corrected chi connectivity index (χ0v) is 24.4. The quantitative estimate of drug-likeness (QED) is 0.262. The number of rotatable bonds is 11. The number of hydrogen-bond donors (Lipinski definition) is 2. The lowest BCUT2D eigenvalue weighted by molar-refractivity contribution is -0.136. The molecule has 0 saturated heterocycles. The molecule has 0 radical (unpaired) electrons. The largest absolute Gasteiger partial charge is 0.486 e. The Kier molecular flexibility index (Phi) is 9.96. The van der Waals surface area contributed by atoms with Crippen molar-refractivity contribution < 1.29 is 19.4 Å². The van der Waals surface area contributed by atoms with E-state index < -0.39 is 5.97 Å². The fraction of sp³-hybridized carbons (Fsp3) is 0.412. The van der Waals surface area contributed by atoms with Gasteiger partial charge in [0.2, 0.25) is 0 Å². The van der Waals surface area contributed by atoms with Crippen LogP contribution in [0.4, 0.5) is 0 Å². The molecule has 0 spiro atoms. The fourth-order valence-corrected chi connectivity index (χ4v) is 4.74. The third kappa shape index (κ3) is 8.71. The number of carboxylic acid groups (broad SMARTS) is 1. The first-order valence-corrected chi connectivity index (χ1v) is 13.8. The molecule has 1 atom stereocenters. The Morgan fingerprint density at radius 3 is 1.97 bits per heavy atom. The number of aryl methyl sites for hydroxylation is 2. The minimum atomic E-state index is -0.938. The van der Waals surface area contributed by atoms with Gasteiger partial charge in [-0.15, -0.1) is 0 Å². The second-order valence-corrected chi connectivity index (χ2v) is 11.9. The van der Waals surface area contributed by atoms with Gasteiger partial charge in [0, 0.05) is 12.1 Å². The SMILES string of the molecule is Cc1cc(OC(CCC(C)(C)C)c2ccc(C(=O)NCCC(=O)O)cc2)cc(C)c1-c1ccc(C(C)C)cc1. The topological polar surface area (TPSA) is 75.6 Å². The molecule has 5 nitrogen and oxygen atoms in total. The maximum absolute atomic E-state index is 12.4. The van der Waals surface area contributed by atoms with E-state index in [0.717, 1.165) is 24.2 Å². The molecule has 3 rings (SSSR count). The monoisotopic (exact) mass is 529 g/mol. The van der Waals surface area contributed by atoms with Crippen LogP contribution in [-0.4, -0.2) is 23.5 Å². The summed E-state index contributed by atoms with van der Waals surface area (Å²) in [4.78, 5) is 23.1. The summed E-state index contributed by atoms with van der Waals surface area (Å²) in [6.07, 6.45) is 1.55. The van der Waals surface area contributed by atoms with Gasteiger partial charge in [0.05, 0.1) is 6.42 Å². The van der Waals surface area contributed by atoms with Crippen molar-refractivity contribution >= 4 is 11.9 Å². The average Bonchev–Trinajstić information content (AvgIpc) is 2.85. The number of benzene rings is 3. The lowest BCUT2D eigenvalue weighted by Gasteiger charge is -2.25. The van der Waals surface area contributed by atoms with Crippen molar-refractivity contribution in [2.45, 2.75) is 79.8 Å². The van der Waals surface area contributed by atoms with E-state index in [-0.39, 0.29) is 30.4 Å². The molecule has 39 heavy (non-hydrogen) atoms. The van der Waals surface area contributed by atoms with Gasteiger partial charge in [-0.3, -0.25) is 9.59 Å². The molecule has 0 aliphatic carbocycles. The van der Waals surface area contributed by atoms with Crippen molar-refractivity contribution in [1.29, 1.82) is 0 Å². The van der Waals surface area contributed by atoms with Crippen LogP contribution in [0.1, 0.15) is 98.5 Å². The number of ether oxygens (including phenoxy) is 1. The Morgan fingerprint density at radius 1 is 0.897 bits per heavy atom. The number of carboxylic acids is 1. The minimum absolute atomic E-state index is 0.101. The number of hydrogen-bond acceptors (Lipinski definition) is 3. The number of amides is 1. The Balaban J connectivity index is 1.83. The van der Waals surface area contributed by atoms with E-state index in [1.807, 2.05) is 12.1 Å². The van der Waals surface area contributed by atoms with E-state index in [1.54, 1.807) is 12.1 Å². The average molecular weight is 530 g/mol. The Hall–Kier alpha value is -3.60. The lowest BCUT2D eigenvalue weighted by atomic mass is 9.87. The van der Waals surface area contributed by atoms with Crippen LogP contribution in [-0.2, 0) is 4.79 Å². The van der Waals surface area contributed by atoms with E-state index in [2.05, 4.69) is 90.2 Å². The molecule has 3 aromatic carbocycles. The summed E-state index contributed by atoms with van der Waals surface area (Å²) in [5, 5.41) is 11.4. The van der Waals surface area contributed by atoms with Crippen LogP contribution in [0.2, 0.25) is 0 Å². The summed E-state index contributed by atoms with van der Waals surface area (Å²) in [5.74, 6) is 0.120. The summed E-state index contributed by atoms with van der Waals surface area (Å²) in [6, 6.07) is 20.5. The summed E-state index contributed by atoms with van der Waals surface area (Å²) in [5.41, 5.74) is 7.78. The van der Waals surface area contributed by atoms with E-state index in [1.165, 1.54) is 27.8 Å².